The van der Waals surface area contributed by atoms with Crippen LogP contribution in [0.4, 0.5) is 4.39 Å². The molecule has 0 saturated carbocycles. The molecule has 2 aliphatic rings. The molecular weight excluding hydrogens is 375 g/mol. The van der Waals surface area contributed by atoms with Gasteiger partial charge in [-0.25, -0.2) is 4.39 Å². The molecule has 0 atom stereocenters. The third-order valence-electron chi connectivity index (χ3n) is 5.67. The van der Waals surface area contributed by atoms with Crippen molar-refractivity contribution < 1.29 is 18.7 Å². The fraction of sp³-hybridized carbons (Fsp3) is 0.619. The lowest BCUT2D eigenvalue weighted by molar-refractivity contribution is -0.135. The van der Waals surface area contributed by atoms with Gasteiger partial charge in [-0.15, -0.1) is 0 Å². The van der Waals surface area contributed by atoms with Gasteiger partial charge in [0.2, 0.25) is 5.91 Å². The molecule has 2 amide bonds. The maximum absolute atomic E-state index is 12.9. The second-order valence-corrected chi connectivity index (χ2v) is 7.68. The molecule has 0 bridgehead atoms. The topological polar surface area (TPSA) is 65.1 Å². The van der Waals surface area contributed by atoms with E-state index in [1.165, 1.54) is 24.3 Å². The zero-order chi connectivity index (χ0) is 20.6. The van der Waals surface area contributed by atoms with Crippen LogP contribution < -0.4 is 10.1 Å². The van der Waals surface area contributed by atoms with Crippen molar-refractivity contribution in [2.45, 2.75) is 25.8 Å². The quantitative estimate of drug-likeness (QED) is 0.731. The first-order valence-electron chi connectivity index (χ1n) is 10.4. The van der Waals surface area contributed by atoms with Crippen LogP contribution in [0.3, 0.4) is 0 Å². The normalized spacial score (nSPS) is 19.2. The number of nitrogens with zero attached hydrogens (tertiary/aromatic N) is 3. The van der Waals surface area contributed by atoms with Crippen molar-refractivity contribution in [2.24, 2.45) is 0 Å². The van der Waals surface area contributed by atoms with Gasteiger partial charge in [0.15, 0.2) is 6.61 Å². The van der Waals surface area contributed by atoms with Gasteiger partial charge in [-0.3, -0.25) is 14.5 Å². The SMILES string of the molecule is CCN1CCC(NC(=O)CN2CCN(C(=O)COc3ccc(F)cc3)CC2)CC1. The van der Waals surface area contributed by atoms with Crippen LogP contribution in [0.1, 0.15) is 19.8 Å². The van der Waals surface area contributed by atoms with Crippen LogP contribution in [0, 0.1) is 5.82 Å². The van der Waals surface area contributed by atoms with Crippen molar-refractivity contribution >= 4 is 11.8 Å². The highest BCUT2D eigenvalue weighted by Gasteiger charge is 2.24. The maximum atomic E-state index is 12.9. The number of benzene rings is 1. The van der Waals surface area contributed by atoms with E-state index in [1.54, 1.807) is 4.90 Å². The first-order valence-corrected chi connectivity index (χ1v) is 10.4. The first-order chi connectivity index (χ1) is 14.0. The molecule has 29 heavy (non-hydrogen) atoms. The van der Waals surface area contributed by atoms with Crippen molar-refractivity contribution in [3.8, 4) is 5.75 Å². The number of carbonyl (C=O) groups is 2. The van der Waals surface area contributed by atoms with Gasteiger partial charge in [-0.2, -0.15) is 0 Å². The van der Waals surface area contributed by atoms with Crippen LogP contribution in [0.2, 0.25) is 0 Å². The number of carbonyl (C=O) groups excluding carboxylic acids is 2. The minimum atomic E-state index is -0.338. The van der Waals surface area contributed by atoms with Gasteiger partial charge < -0.3 is 19.9 Å². The molecule has 1 aromatic carbocycles. The predicted octanol–water partition coefficient (Wildman–Crippen LogP) is 0.949. The fourth-order valence-electron chi connectivity index (χ4n) is 3.79. The average Bonchev–Trinajstić information content (AvgIpc) is 2.74. The Morgan fingerprint density at radius 2 is 1.69 bits per heavy atom. The molecule has 2 aliphatic heterocycles. The predicted molar refractivity (Wildman–Crippen MR) is 108 cm³/mol. The number of piperidine rings is 1. The summed E-state index contributed by atoms with van der Waals surface area (Å²) in [5.74, 6) is 0.107. The largest absolute Gasteiger partial charge is 0.484 e. The van der Waals surface area contributed by atoms with E-state index in [0.717, 1.165) is 32.5 Å². The van der Waals surface area contributed by atoms with Gasteiger partial charge in [-0.1, -0.05) is 6.92 Å². The number of likely N-dealkylation sites (tertiary alicyclic amines) is 1. The molecule has 1 N–H and O–H groups in total. The number of amides is 2. The van der Waals surface area contributed by atoms with E-state index in [1.807, 2.05) is 0 Å². The minimum Gasteiger partial charge on any atom is -0.484 e. The number of rotatable bonds is 7. The Balaban J connectivity index is 1.32. The molecule has 0 radical (unpaired) electrons. The third-order valence-corrected chi connectivity index (χ3v) is 5.67. The molecular formula is C21H31FN4O3. The summed E-state index contributed by atoms with van der Waals surface area (Å²) in [7, 11) is 0. The molecule has 0 unspecified atom stereocenters. The fourth-order valence-corrected chi connectivity index (χ4v) is 3.79. The van der Waals surface area contributed by atoms with Crippen LogP contribution >= 0.6 is 0 Å². The van der Waals surface area contributed by atoms with E-state index in [4.69, 9.17) is 4.74 Å². The Morgan fingerprint density at radius 1 is 1.03 bits per heavy atom. The van der Waals surface area contributed by atoms with E-state index in [0.29, 0.717) is 38.5 Å². The van der Waals surface area contributed by atoms with E-state index < -0.39 is 0 Å². The van der Waals surface area contributed by atoms with Crippen LogP contribution in [0.25, 0.3) is 0 Å². The number of halogens is 1. The zero-order valence-electron chi connectivity index (χ0n) is 17.1. The van der Waals surface area contributed by atoms with Gasteiger partial charge in [-0.05, 0) is 43.7 Å². The third kappa shape index (κ3) is 6.68. The molecule has 2 heterocycles. The van der Waals surface area contributed by atoms with Crippen LogP contribution in [0.5, 0.6) is 5.75 Å². The Labute approximate surface area is 171 Å². The molecule has 7 nitrogen and oxygen atoms in total. The van der Waals surface area contributed by atoms with Crippen LogP contribution in [-0.2, 0) is 9.59 Å². The van der Waals surface area contributed by atoms with E-state index in [2.05, 4.69) is 22.0 Å². The van der Waals surface area contributed by atoms with Gasteiger partial charge in [0.05, 0.1) is 6.54 Å². The average molecular weight is 407 g/mol. The summed E-state index contributed by atoms with van der Waals surface area (Å²) in [5, 5.41) is 3.15. The molecule has 8 heteroatoms. The zero-order valence-corrected chi connectivity index (χ0v) is 17.1. The second kappa shape index (κ2) is 10.5. The molecule has 2 saturated heterocycles. The van der Waals surface area contributed by atoms with Gasteiger partial charge in [0.25, 0.3) is 5.91 Å². The molecule has 0 spiro atoms. The Bertz CT molecular complexity index is 669. The van der Waals surface area contributed by atoms with Crippen LogP contribution in [-0.4, -0.2) is 91.5 Å². The molecule has 3 rings (SSSR count). The maximum Gasteiger partial charge on any atom is 0.260 e. The molecule has 2 fully saturated rings. The molecule has 0 aliphatic carbocycles. The highest BCUT2D eigenvalue weighted by molar-refractivity contribution is 5.79. The Hall–Kier alpha value is -2.19. The summed E-state index contributed by atoms with van der Waals surface area (Å²) in [5.41, 5.74) is 0. The molecule has 1 aromatic rings. The Kier molecular flexibility index (Phi) is 7.83. The van der Waals surface area contributed by atoms with E-state index >= 15 is 0 Å². The lowest BCUT2D eigenvalue weighted by atomic mass is 10.1. The summed E-state index contributed by atoms with van der Waals surface area (Å²) >= 11 is 0. The highest BCUT2D eigenvalue weighted by atomic mass is 19.1. The summed E-state index contributed by atoms with van der Waals surface area (Å²) in [4.78, 5) is 30.9. The van der Waals surface area contributed by atoms with Crippen molar-refractivity contribution in [3.05, 3.63) is 30.1 Å². The van der Waals surface area contributed by atoms with Crippen molar-refractivity contribution in [1.82, 2.24) is 20.0 Å². The van der Waals surface area contributed by atoms with Gasteiger partial charge in [0.1, 0.15) is 11.6 Å². The van der Waals surface area contributed by atoms with E-state index in [9.17, 15) is 14.0 Å². The Morgan fingerprint density at radius 3 is 2.31 bits per heavy atom. The minimum absolute atomic E-state index is 0.0669. The van der Waals surface area contributed by atoms with E-state index in [-0.39, 0.29) is 30.3 Å². The van der Waals surface area contributed by atoms with Crippen LogP contribution in [0.15, 0.2) is 24.3 Å². The number of piperazine rings is 1. The van der Waals surface area contributed by atoms with Crippen molar-refractivity contribution in [2.75, 3.05) is 59.0 Å². The van der Waals surface area contributed by atoms with Crippen molar-refractivity contribution in [3.63, 3.8) is 0 Å². The lowest BCUT2D eigenvalue weighted by Gasteiger charge is -2.35. The number of ether oxygens (including phenoxy) is 1. The van der Waals surface area contributed by atoms with Gasteiger partial charge >= 0.3 is 0 Å². The van der Waals surface area contributed by atoms with Crippen molar-refractivity contribution in [1.29, 1.82) is 0 Å². The highest BCUT2D eigenvalue weighted by Crippen LogP contribution is 2.12. The number of hydrogen-bond acceptors (Lipinski definition) is 5. The first kappa shape index (κ1) is 21.5. The lowest BCUT2D eigenvalue weighted by Crippen LogP contribution is -2.53. The summed E-state index contributed by atoms with van der Waals surface area (Å²) in [6, 6.07) is 5.89. The molecule has 160 valence electrons. The number of nitrogens with one attached hydrogen (secondary N) is 1. The summed E-state index contributed by atoms with van der Waals surface area (Å²) in [6.45, 7) is 8.13. The molecule has 0 aromatic heterocycles. The standard InChI is InChI=1S/C21H31FN4O3/c1-2-24-9-7-18(8-10-24)23-20(27)15-25-11-13-26(14-12-25)21(28)16-29-19-5-3-17(22)4-6-19/h3-6,18H,2,7-16H2,1H3,(H,23,27). The monoisotopic (exact) mass is 406 g/mol. The number of hydrogen-bond donors (Lipinski definition) is 1. The smallest absolute Gasteiger partial charge is 0.260 e. The van der Waals surface area contributed by atoms with Gasteiger partial charge in [0, 0.05) is 45.3 Å². The summed E-state index contributed by atoms with van der Waals surface area (Å²) < 4.78 is 18.3. The second-order valence-electron chi connectivity index (χ2n) is 7.68. The summed E-state index contributed by atoms with van der Waals surface area (Å²) in [6.07, 6.45) is 2.02.